The van der Waals surface area contributed by atoms with Crippen LogP contribution in [0.1, 0.15) is 32.1 Å². The van der Waals surface area contributed by atoms with Crippen LogP contribution in [0.15, 0.2) is 22.7 Å². The van der Waals surface area contributed by atoms with Gasteiger partial charge in [-0.25, -0.2) is 4.79 Å². The topological polar surface area (TPSA) is 58.6 Å². The van der Waals surface area contributed by atoms with Crippen LogP contribution < -0.4 is 10.2 Å². The van der Waals surface area contributed by atoms with Gasteiger partial charge >= 0.3 is 6.09 Å². The molecule has 0 bridgehead atoms. The summed E-state index contributed by atoms with van der Waals surface area (Å²) < 4.78 is 6.42. The normalized spacial score (nSPS) is 18.9. The SMILES string of the molecule is O=C1CN(C(=O)OC2CCCCC2)c2cc(Br)ccc2N1. The molecule has 0 radical (unpaired) electrons. The highest BCUT2D eigenvalue weighted by Crippen LogP contribution is 2.33. The Kier molecular flexibility index (Phi) is 4.14. The Hall–Kier alpha value is -1.56. The van der Waals surface area contributed by atoms with Gasteiger partial charge in [-0.05, 0) is 43.9 Å². The molecule has 0 saturated heterocycles. The lowest BCUT2D eigenvalue weighted by Gasteiger charge is -2.31. The van der Waals surface area contributed by atoms with Gasteiger partial charge in [0.05, 0.1) is 11.4 Å². The highest BCUT2D eigenvalue weighted by molar-refractivity contribution is 9.10. The van der Waals surface area contributed by atoms with Crippen LogP contribution in [0.2, 0.25) is 0 Å². The van der Waals surface area contributed by atoms with Crippen LogP contribution in [-0.4, -0.2) is 24.6 Å². The molecule has 1 saturated carbocycles. The third-order valence-electron chi connectivity index (χ3n) is 3.87. The van der Waals surface area contributed by atoms with Crippen LogP contribution in [0.4, 0.5) is 16.2 Å². The minimum absolute atomic E-state index is 0.00495. The lowest BCUT2D eigenvalue weighted by atomic mass is 9.98. The first-order valence-electron chi connectivity index (χ1n) is 7.21. The van der Waals surface area contributed by atoms with Gasteiger partial charge < -0.3 is 10.1 Å². The van der Waals surface area contributed by atoms with Gasteiger partial charge in [0.2, 0.25) is 5.91 Å². The Balaban J connectivity index is 1.79. The van der Waals surface area contributed by atoms with E-state index in [2.05, 4.69) is 21.2 Å². The highest BCUT2D eigenvalue weighted by atomic mass is 79.9. The van der Waals surface area contributed by atoms with Crippen LogP contribution in [-0.2, 0) is 9.53 Å². The fourth-order valence-electron chi connectivity index (χ4n) is 2.80. The van der Waals surface area contributed by atoms with Crippen LogP contribution in [0.5, 0.6) is 0 Å². The molecule has 1 aromatic carbocycles. The molecule has 21 heavy (non-hydrogen) atoms. The van der Waals surface area contributed by atoms with Gasteiger partial charge in [0.25, 0.3) is 0 Å². The Bertz CT molecular complexity index is 570. The molecule has 0 unspecified atom stereocenters. The summed E-state index contributed by atoms with van der Waals surface area (Å²) in [6.45, 7) is -0.00495. The number of benzene rings is 1. The maximum atomic E-state index is 12.4. The second kappa shape index (κ2) is 6.05. The van der Waals surface area contributed by atoms with Crippen LogP contribution in [0.3, 0.4) is 0 Å². The van der Waals surface area contributed by atoms with Crippen molar-refractivity contribution in [2.24, 2.45) is 0 Å². The Morgan fingerprint density at radius 2 is 2.05 bits per heavy atom. The Morgan fingerprint density at radius 3 is 2.81 bits per heavy atom. The van der Waals surface area contributed by atoms with Gasteiger partial charge in [-0.2, -0.15) is 0 Å². The van der Waals surface area contributed by atoms with Crippen LogP contribution in [0, 0.1) is 0 Å². The zero-order valence-corrected chi connectivity index (χ0v) is 13.2. The molecule has 5 nitrogen and oxygen atoms in total. The second-order valence-corrected chi connectivity index (χ2v) is 6.36. The summed E-state index contributed by atoms with van der Waals surface area (Å²) in [4.78, 5) is 25.6. The largest absolute Gasteiger partial charge is 0.446 e. The van der Waals surface area contributed by atoms with Gasteiger partial charge in [-0.15, -0.1) is 0 Å². The van der Waals surface area contributed by atoms with Gasteiger partial charge in [0.1, 0.15) is 12.6 Å². The smallest absolute Gasteiger partial charge is 0.415 e. The number of carbonyl (C=O) groups excluding carboxylic acids is 2. The van der Waals surface area contributed by atoms with Crippen molar-refractivity contribution < 1.29 is 14.3 Å². The van der Waals surface area contributed by atoms with Crippen molar-refractivity contribution in [1.82, 2.24) is 0 Å². The predicted octanol–water partition coefficient (Wildman–Crippen LogP) is 3.68. The molecular weight excluding hydrogens is 336 g/mol. The number of carbonyl (C=O) groups is 2. The molecule has 2 amide bonds. The lowest BCUT2D eigenvalue weighted by Crippen LogP contribution is -2.43. The summed E-state index contributed by atoms with van der Waals surface area (Å²) in [5, 5.41) is 2.77. The fourth-order valence-corrected chi connectivity index (χ4v) is 3.15. The first-order chi connectivity index (χ1) is 10.1. The third kappa shape index (κ3) is 3.20. The number of ether oxygens (including phenoxy) is 1. The number of anilines is 2. The molecular formula is C15H17BrN2O3. The number of halogens is 1. The number of hydrogen-bond acceptors (Lipinski definition) is 3. The molecule has 1 heterocycles. The quantitative estimate of drug-likeness (QED) is 0.838. The molecule has 0 spiro atoms. The molecule has 0 aromatic heterocycles. The molecule has 1 aliphatic carbocycles. The molecule has 3 rings (SSSR count). The molecule has 1 fully saturated rings. The van der Waals surface area contributed by atoms with Gasteiger partial charge in [-0.3, -0.25) is 9.69 Å². The standard InChI is InChI=1S/C15H17BrN2O3/c16-10-6-7-12-13(8-10)18(9-14(19)17-12)15(20)21-11-4-2-1-3-5-11/h6-8,11H,1-5,9H2,(H,17,19). The van der Waals surface area contributed by atoms with E-state index in [1.807, 2.05) is 12.1 Å². The van der Waals surface area contributed by atoms with E-state index in [9.17, 15) is 9.59 Å². The molecule has 2 aliphatic rings. The van der Waals surface area contributed by atoms with E-state index in [-0.39, 0.29) is 18.6 Å². The Morgan fingerprint density at radius 1 is 1.29 bits per heavy atom. The van der Waals surface area contributed by atoms with E-state index < -0.39 is 6.09 Å². The van der Waals surface area contributed by atoms with Crippen molar-refractivity contribution in [2.75, 3.05) is 16.8 Å². The zero-order valence-electron chi connectivity index (χ0n) is 11.6. The molecule has 0 atom stereocenters. The van der Waals surface area contributed by atoms with E-state index >= 15 is 0 Å². The van der Waals surface area contributed by atoms with Gasteiger partial charge in [-0.1, -0.05) is 22.4 Å². The van der Waals surface area contributed by atoms with E-state index in [4.69, 9.17) is 4.74 Å². The molecule has 6 heteroatoms. The summed E-state index contributed by atoms with van der Waals surface area (Å²) in [5.74, 6) is -0.203. The average molecular weight is 353 g/mol. The molecule has 1 aromatic rings. The van der Waals surface area contributed by atoms with Crippen molar-refractivity contribution in [3.8, 4) is 0 Å². The summed E-state index contributed by atoms with van der Waals surface area (Å²) in [5.41, 5.74) is 1.31. The van der Waals surface area contributed by atoms with Gasteiger partial charge in [0.15, 0.2) is 0 Å². The van der Waals surface area contributed by atoms with Crippen molar-refractivity contribution in [3.05, 3.63) is 22.7 Å². The fraction of sp³-hybridized carbons (Fsp3) is 0.467. The van der Waals surface area contributed by atoms with E-state index in [0.29, 0.717) is 11.4 Å². The number of nitrogens with one attached hydrogen (secondary N) is 1. The van der Waals surface area contributed by atoms with Crippen molar-refractivity contribution >= 4 is 39.3 Å². The maximum absolute atomic E-state index is 12.4. The monoisotopic (exact) mass is 352 g/mol. The summed E-state index contributed by atoms with van der Waals surface area (Å²) in [6.07, 6.45) is 4.77. The van der Waals surface area contributed by atoms with Crippen LogP contribution >= 0.6 is 15.9 Å². The second-order valence-electron chi connectivity index (χ2n) is 5.44. The summed E-state index contributed by atoms with van der Waals surface area (Å²) >= 11 is 3.39. The van der Waals surface area contributed by atoms with Crippen molar-refractivity contribution in [2.45, 2.75) is 38.2 Å². The number of amides is 2. The lowest BCUT2D eigenvalue weighted by molar-refractivity contribution is -0.115. The summed E-state index contributed by atoms with van der Waals surface area (Å²) in [7, 11) is 0. The first-order valence-corrected chi connectivity index (χ1v) is 8.00. The van der Waals surface area contributed by atoms with E-state index in [1.54, 1.807) is 6.07 Å². The molecule has 1 N–H and O–H groups in total. The number of nitrogens with zero attached hydrogens (tertiary/aromatic N) is 1. The number of hydrogen-bond donors (Lipinski definition) is 1. The number of rotatable bonds is 1. The minimum atomic E-state index is -0.434. The molecule has 1 aliphatic heterocycles. The van der Waals surface area contributed by atoms with Crippen molar-refractivity contribution in [3.63, 3.8) is 0 Å². The van der Waals surface area contributed by atoms with E-state index in [0.717, 1.165) is 30.2 Å². The zero-order chi connectivity index (χ0) is 14.8. The number of fused-ring (bicyclic) bond motifs is 1. The average Bonchev–Trinajstić information content (AvgIpc) is 2.48. The maximum Gasteiger partial charge on any atom is 0.415 e. The summed E-state index contributed by atoms with van der Waals surface area (Å²) in [6, 6.07) is 5.42. The Labute approximate surface area is 131 Å². The first kappa shape index (κ1) is 14.4. The minimum Gasteiger partial charge on any atom is -0.446 e. The van der Waals surface area contributed by atoms with Crippen molar-refractivity contribution in [1.29, 1.82) is 0 Å². The third-order valence-corrected chi connectivity index (χ3v) is 4.36. The van der Waals surface area contributed by atoms with Gasteiger partial charge in [0, 0.05) is 4.47 Å². The molecule has 112 valence electrons. The van der Waals surface area contributed by atoms with E-state index in [1.165, 1.54) is 11.3 Å². The van der Waals surface area contributed by atoms with Crippen LogP contribution in [0.25, 0.3) is 0 Å². The highest BCUT2D eigenvalue weighted by Gasteiger charge is 2.30. The predicted molar refractivity (Wildman–Crippen MR) is 83.5 cm³/mol.